The first-order chi connectivity index (χ1) is 12.3. The molecule has 0 bridgehead atoms. The zero-order valence-corrected chi connectivity index (χ0v) is 15.9. The number of nitro benzene ring substituents is 1. The van der Waals surface area contributed by atoms with E-state index in [-0.39, 0.29) is 22.9 Å². The Bertz CT molecular complexity index is 892. The van der Waals surface area contributed by atoms with Gasteiger partial charge in [0, 0.05) is 27.2 Å². The van der Waals surface area contributed by atoms with Crippen LogP contribution in [0.15, 0.2) is 39.9 Å². The van der Waals surface area contributed by atoms with Gasteiger partial charge in [0.05, 0.1) is 16.2 Å². The van der Waals surface area contributed by atoms with E-state index in [9.17, 15) is 20.0 Å². The van der Waals surface area contributed by atoms with Crippen molar-refractivity contribution < 1.29 is 19.6 Å². The van der Waals surface area contributed by atoms with E-state index in [4.69, 9.17) is 27.9 Å². The normalized spacial score (nSPS) is 10.7. The van der Waals surface area contributed by atoms with Crippen molar-refractivity contribution in [3.05, 3.63) is 60.5 Å². The van der Waals surface area contributed by atoms with Crippen molar-refractivity contribution in [2.75, 3.05) is 6.61 Å². The zero-order chi connectivity index (χ0) is 19.3. The second kappa shape index (κ2) is 8.84. The first-order valence-corrected chi connectivity index (χ1v) is 8.39. The van der Waals surface area contributed by atoms with Gasteiger partial charge in [-0.3, -0.25) is 14.9 Å². The molecule has 0 heterocycles. The molecule has 0 aromatic heterocycles. The van der Waals surface area contributed by atoms with E-state index in [0.29, 0.717) is 9.50 Å². The molecule has 0 saturated carbocycles. The maximum absolute atomic E-state index is 11.7. The Morgan fingerprint density at radius 1 is 1.38 bits per heavy atom. The highest BCUT2D eigenvalue weighted by atomic mass is 79.9. The second-order valence-electron chi connectivity index (χ2n) is 4.78. The van der Waals surface area contributed by atoms with Gasteiger partial charge in [-0.1, -0.05) is 39.1 Å². The van der Waals surface area contributed by atoms with E-state index < -0.39 is 22.3 Å². The van der Waals surface area contributed by atoms with Gasteiger partial charge < -0.3 is 9.84 Å². The number of phenols is 1. The van der Waals surface area contributed by atoms with Gasteiger partial charge in [-0.25, -0.2) is 5.43 Å². The predicted molar refractivity (Wildman–Crippen MR) is 100 cm³/mol. The molecule has 2 aromatic carbocycles. The molecule has 0 spiro atoms. The first-order valence-electron chi connectivity index (χ1n) is 6.84. The monoisotopic (exact) mass is 461 g/mol. The van der Waals surface area contributed by atoms with E-state index in [0.717, 1.165) is 12.3 Å². The largest absolute Gasteiger partial charge is 0.502 e. The number of hydrogen-bond acceptors (Lipinski definition) is 6. The molecule has 0 radical (unpaired) electrons. The van der Waals surface area contributed by atoms with Crippen LogP contribution in [0.1, 0.15) is 5.56 Å². The molecule has 0 aliphatic heterocycles. The smallest absolute Gasteiger partial charge is 0.312 e. The number of hydrogen-bond donors (Lipinski definition) is 2. The van der Waals surface area contributed by atoms with Crippen LogP contribution in [-0.4, -0.2) is 28.8 Å². The fourth-order valence-electron chi connectivity index (χ4n) is 1.78. The third-order valence-electron chi connectivity index (χ3n) is 2.93. The fraction of sp³-hybridized carbons (Fsp3) is 0.0667. The average molecular weight is 463 g/mol. The van der Waals surface area contributed by atoms with Gasteiger partial charge in [-0.2, -0.15) is 5.10 Å². The van der Waals surface area contributed by atoms with Gasteiger partial charge in [0.25, 0.3) is 5.91 Å². The molecule has 0 unspecified atom stereocenters. The van der Waals surface area contributed by atoms with Gasteiger partial charge in [-0.05, 0) is 18.2 Å². The maximum atomic E-state index is 11.7. The highest BCUT2D eigenvalue weighted by Gasteiger charge is 2.17. The van der Waals surface area contributed by atoms with Crippen LogP contribution in [0.3, 0.4) is 0 Å². The van der Waals surface area contributed by atoms with Crippen molar-refractivity contribution in [1.82, 2.24) is 5.43 Å². The van der Waals surface area contributed by atoms with Crippen LogP contribution >= 0.6 is 39.1 Å². The van der Waals surface area contributed by atoms with Gasteiger partial charge >= 0.3 is 5.69 Å². The van der Waals surface area contributed by atoms with Crippen LogP contribution in [0.2, 0.25) is 10.0 Å². The van der Waals surface area contributed by atoms with Gasteiger partial charge in [0.2, 0.25) is 5.75 Å². The van der Waals surface area contributed by atoms with Crippen LogP contribution in [0.5, 0.6) is 11.5 Å². The maximum Gasteiger partial charge on any atom is 0.312 e. The van der Waals surface area contributed by atoms with E-state index in [1.165, 1.54) is 18.2 Å². The SMILES string of the molecule is O=C(COc1cc(Cl)ccc1Cl)N/N=C\c1cc(Br)cc([N+](=O)[O-])c1O. The Morgan fingerprint density at radius 2 is 2.12 bits per heavy atom. The highest BCUT2D eigenvalue weighted by molar-refractivity contribution is 9.10. The topological polar surface area (TPSA) is 114 Å². The molecule has 0 aliphatic carbocycles. The van der Waals surface area contributed by atoms with E-state index in [1.807, 2.05) is 0 Å². The van der Waals surface area contributed by atoms with Crippen LogP contribution in [0.4, 0.5) is 5.69 Å². The molecule has 2 N–H and O–H groups in total. The fourth-order valence-corrected chi connectivity index (χ4v) is 2.58. The Hall–Kier alpha value is -2.36. The highest BCUT2D eigenvalue weighted by Crippen LogP contribution is 2.32. The van der Waals surface area contributed by atoms with Gasteiger partial charge in [0.15, 0.2) is 6.61 Å². The van der Waals surface area contributed by atoms with Crippen LogP contribution in [-0.2, 0) is 4.79 Å². The number of aromatic hydroxyl groups is 1. The lowest BCUT2D eigenvalue weighted by molar-refractivity contribution is -0.385. The van der Waals surface area contributed by atoms with Crippen molar-refractivity contribution in [2.45, 2.75) is 0 Å². The average Bonchev–Trinajstić information content (AvgIpc) is 2.58. The number of hydrazone groups is 1. The number of rotatable bonds is 6. The minimum absolute atomic E-state index is 0.0465. The summed E-state index contributed by atoms with van der Waals surface area (Å²) in [4.78, 5) is 21.8. The summed E-state index contributed by atoms with van der Waals surface area (Å²) in [6.45, 7) is -0.387. The van der Waals surface area contributed by atoms with E-state index in [2.05, 4.69) is 26.5 Å². The zero-order valence-electron chi connectivity index (χ0n) is 12.8. The number of nitro groups is 1. The molecule has 0 saturated heterocycles. The Balaban J connectivity index is 1.99. The Labute approximate surface area is 165 Å². The number of benzene rings is 2. The van der Waals surface area contributed by atoms with Crippen LogP contribution < -0.4 is 10.2 Å². The number of nitrogens with zero attached hydrogens (tertiary/aromatic N) is 2. The molecule has 136 valence electrons. The number of phenolic OH excluding ortho intramolecular Hbond substituents is 1. The van der Waals surface area contributed by atoms with Crippen molar-refractivity contribution in [3.63, 3.8) is 0 Å². The molecule has 0 atom stereocenters. The third kappa shape index (κ3) is 5.32. The summed E-state index contributed by atoms with van der Waals surface area (Å²) in [7, 11) is 0. The summed E-state index contributed by atoms with van der Waals surface area (Å²) >= 11 is 14.8. The number of ether oxygens (including phenoxy) is 1. The van der Waals surface area contributed by atoms with Gasteiger partial charge in [0.1, 0.15) is 5.75 Å². The summed E-state index contributed by atoms with van der Waals surface area (Å²) in [5, 5.41) is 25.0. The van der Waals surface area contributed by atoms with Crippen LogP contribution in [0.25, 0.3) is 0 Å². The summed E-state index contributed by atoms with van der Waals surface area (Å²) < 4.78 is 5.60. The summed E-state index contributed by atoms with van der Waals surface area (Å²) in [6.07, 6.45) is 1.07. The summed E-state index contributed by atoms with van der Waals surface area (Å²) in [6, 6.07) is 7.11. The molecule has 0 fully saturated rings. The van der Waals surface area contributed by atoms with Crippen molar-refractivity contribution in [1.29, 1.82) is 0 Å². The molecular formula is C15H10BrCl2N3O5. The quantitative estimate of drug-likeness (QED) is 0.384. The molecule has 8 nitrogen and oxygen atoms in total. The second-order valence-corrected chi connectivity index (χ2v) is 6.54. The lowest BCUT2D eigenvalue weighted by Gasteiger charge is -2.07. The van der Waals surface area contributed by atoms with Crippen molar-refractivity contribution >= 4 is 56.9 Å². The minimum atomic E-state index is -0.738. The molecule has 11 heteroatoms. The first kappa shape index (κ1) is 20.0. The number of halogens is 3. The Kier molecular flexibility index (Phi) is 6.78. The number of carbonyl (C=O) groups is 1. The number of carbonyl (C=O) groups excluding carboxylic acids is 1. The Morgan fingerprint density at radius 3 is 2.81 bits per heavy atom. The van der Waals surface area contributed by atoms with Crippen molar-refractivity contribution in [2.24, 2.45) is 5.10 Å². The molecule has 0 aliphatic rings. The third-order valence-corrected chi connectivity index (χ3v) is 3.93. The number of amides is 1. The predicted octanol–water partition coefficient (Wildman–Crippen LogP) is 3.90. The molecule has 2 rings (SSSR count). The lowest BCUT2D eigenvalue weighted by atomic mass is 10.2. The molecule has 1 amide bonds. The minimum Gasteiger partial charge on any atom is -0.502 e. The van der Waals surface area contributed by atoms with E-state index in [1.54, 1.807) is 6.07 Å². The van der Waals surface area contributed by atoms with E-state index >= 15 is 0 Å². The summed E-state index contributed by atoms with van der Waals surface area (Å²) in [5.41, 5.74) is 1.72. The molecule has 26 heavy (non-hydrogen) atoms. The molecular weight excluding hydrogens is 453 g/mol. The van der Waals surface area contributed by atoms with Crippen LogP contribution in [0, 0.1) is 10.1 Å². The standard InChI is InChI=1S/C15H10BrCl2N3O5/c16-9-3-8(15(23)12(4-9)21(24)25)6-19-20-14(22)7-26-13-5-10(17)1-2-11(13)18/h1-6,23H,7H2,(H,20,22)/b19-6-. The molecule has 2 aromatic rings. The number of nitrogens with one attached hydrogen (secondary N) is 1. The lowest BCUT2D eigenvalue weighted by Crippen LogP contribution is -2.24. The van der Waals surface area contributed by atoms with Gasteiger partial charge in [-0.15, -0.1) is 0 Å². The van der Waals surface area contributed by atoms with Crippen molar-refractivity contribution in [3.8, 4) is 11.5 Å². The summed E-state index contributed by atoms with van der Waals surface area (Å²) in [5.74, 6) is -0.946.